The largest absolute Gasteiger partial charge is 0.184 e. The molecule has 10 aromatic rings. The van der Waals surface area contributed by atoms with Crippen LogP contribution in [0.2, 0.25) is 0 Å². The zero-order chi connectivity index (χ0) is 39.0. The monoisotopic (exact) mass is 840 g/mol. The summed E-state index contributed by atoms with van der Waals surface area (Å²) >= 11 is 1.36. The predicted molar refractivity (Wildman–Crippen MR) is 253 cm³/mol. The van der Waals surface area contributed by atoms with Gasteiger partial charge in [-0.15, -0.1) is 69.1 Å². The maximum absolute atomic E-state index is 3.06. The Kier molecular flexibility index (Phi) is 18.5. The van der Waals surface area contributed by atoms with E-state index in [-0.39, 0.29) is 14.9 Å². The van der Waals surface area contributed by atoms with Crippen molar-refractivity contribution in [3.05, 3.63) is 244 Å². The van der Waals surface area contributed by atoms with Gasteiger partial charge in [0.05, 0.1) is 0 Å². The maximum Gasteiger partial charge on any atom is -0.171 e. The van der Waals surface area contributed by atoms with Gasteiger partial charge in [-0.25, -0.2) is 0 Å². The molecule has 2 radical (unpaired) electrons. The molecular formula is C56H50SiZr-6. The average molecular weight is 842 g/mol. The summed E-state index contributed by atoms with van der Waals surface area (Å²) < 4.78 is 0. The zero-order valence-electron chi connectivity index (χ0n) is 34.0. The fourth-order valence-corrected chi connectivity index (χ4v) is 7.08. The SMILES string of the molecule is CCc1cc2c(-c3cccc4ccccc34)cccc2[cH-]1.CCc1cc2c(-c3cccc4ccccc34)cccc2[cH-]1.[CH3-].[CH3-].[Si]=[Zr].[c-]1ccccc1.[c-]1ccccc1. The van der Waals surface area contributed by atoms with Crippen LogP contribution in [0.3, 0.4) is 0 Å². The molecule has 0 spiro atoms. The summed E-state index contributed by atoms with van der Waals surface area (Å²) in [5.74, 6) is 0. The van der Waals surface area contributed by atoms with Crippen LogP contribution >= 0.6 is 0 Å². The standard InChI is InChI=1S/2C21H17.2C6H5.2CH3.Si.Zr/c2*1-2-15-13-17-9-6-12-20(21(17)14-15)19-11-5-8-16-7-3-4-10-18(16)19;2*1-2-4-6-5-3-1;;;;/h2*3-14H,2H2,1H3;2*1-5H;2*1H3;;/q6*-1;;. The minimum atomic E-state index is 0. The second-order valence-corrected chi connectivity index (χ2v) is 13.3. The van der Waals surface area contributed by atoms with Gasteiger partial charge in [-0.05, 0) is 45.5 Å². The van der Waals surface area contributed by atoms with Crippen molar-refractivity contribution in [1.82, 2.24) is 0 Å². The molecule has 2 heteroatoms. The fourth-order valence-electron chi connectivity index (χ4n) is 7.08. The Balaban J connectivity index is 0.000000189. The van der Waals surface area contributed by atoms with Gasteiger partial charge in [-0.3, -0.25) is 0 Å². The van der Waals surface area contributed by atoms with Crippen LogP contribution in [0.15, 0.2) is 206 Å². The first-order chi connectivity index (χ1) is 27.7. The summed E-state index contributed by atoms with van der Waals surface area (Å²) in [5.41, 5.74) is 8.15. The first-order valence-electron chi connectivity index (χ1n) is 19.1. The third-order valence-electron chi connectivity index (χ3n) is 9.81. The number of aryl methyl sites for hydroxylation is 2. The molecule has 0 saturated heterocycles. The number of hydrogen-bond donors (Lipinski definition) is 0. The molecule has 10 rings (SSSR count). The maximum atomic E-state index is 3.06. The van der Waals surface area contributed by atoms with E-state index in [1.54, 1.807) is 0 Å². The molecule has 0 aromatic heterocycles. The molecule has 0 aliphatic carbocycles. The third kappa shape index (κ3) is 11.4. The van der Waals surface area contributed by atoms with Crippen molar-refractivity contribution in [3.8, 4) is 22.3 Å². The van der Waals surface area contributed by atoms with E-state index in [0.717, 1.165) is 12.8 Å². The van der Waals surface area contributed by atoms with Crippen LogP contribution in [0.5, 0.6) is 0 Å². The molecule has 0 aliphatic heterocycles. The van der Waals surface area contributed by atoms with Gasteiger partial charge in [0.1, 0.15) is 0 Å². The average Bonchev–Trinajstić information content (AvgIpc) is 3.93. The van der Waals surface area contributed by atoms with Crippen molar-refractivity contribution in [1.29, 1.82) is 0 Å². The first-order valence-corrected chi connectivity index (χ1v) is 23.3. The smallest absolute Gasteiger partial charge is 0.171 e. The molecule has 0 nitrogen and oxygen atoms in total. The van der Waals surface area contributed by atoms with Crippen molar-refractivity contribution in [2.75, 3.05) is 0 Å². The van der Waals surface area contributed by atoms with Crippen LogP contribution in [-0.2, 0) is 36.2 Å². The molecule has 0 aliphatic rings. The van der Waals surface area contributed by atoms with Crippen molar-refractivity contribution >= 4 is 50.0 Å². The summed E-state index contributed by atoms with van der Waals surface area (Å²) in [5, 5.41) is 10.7. The summed E-state index contributed by atoms with van der Waals surface area (Å²) in [6.45, 7) is 7.49. The normalized spacial score (nSPS) is 9.88. The van der Waals surface area contributed by atoms with E-state index in [4.69, 9.17) is 0 Å². The number of hydrogen-bond acceptors (Lipinski definition) is 0. The van der Waals surface area contributed by atoms with Crippen LogP contribution in [0.1, 0.15) is 25.0 Å². The van der Waals surface area contributed by atoms with Gasteiger partial charge in [0.25, 0.3) is 0 Å². The van der Waals surface area contributed by atoms with Crippen molar-refractivity contribution in [2.24, 2.45) is 0 Å². The quantitative estimate of drug-likeness (QED) is 0.122. The second-order valence-electron chi connectivity index (χ2n) is 13.3. The van der Waals surface area contributed by atoms with E-state index in [1.165, 1.54) is 99.8 Å². The number of rotatable bonds is 4. The molecular weight excluding hydrogens is 792 g/mol. The number of fused-ring (bicyclic) bond motifs is 4. The van der Waals surface area contributed by atoms with Crippen LogP contribution < -0.4 is 0 Å². The van der Waals surface area contributed by atoms with E-state index in [0.29, 0.717) is 0 Å². The minimum Gasteiger partial charge on any atom is -0.184 e. The molecule has 0 unspecified atom stereocenters. The van der Waals surface area contributed by atoms with Crippen molar-refractivity contribution in [3.63, 3.8) is 0 Å². The Morgan fingerprint density at radius 2 is 0.724 bits per heavy atom. The Bertz CT molecular complexity index is 2450. The molecule has 58 heavy (non-hydrogen) atoms. The summed E-state index contributed by atoms with van der Waals surface area (Å²) in [7, 11) is 0. The molecule has 0 fully saturated rings. The number of benzene rings is 8. The molecule has 0 amide bonds. The Morgan fingerprint density at radius 1 is 0.397 bits per heavy atom. The second kappa shape index (κ2) is 23.7. The van der Waals surface area contributed by atoms with E-state index in [1.807, 2.05) is 60.7 Å². The van der Waals surface area contributed by atoms with Crippen molar-refractivity contribution < 1.29 is 23.3 Å². The Hall–Kier alpha value is -5.40. The molecule has 10 aromatic carbocycles. The fraction of sp³-hybridized carbons (Fsp3) is 0.0714. The van der Waals surface area contributed by atoms with E-state index in [9.17, 15) is 0 Å². The van der Waals surface area contributed by atoms with Gasteiger partial charge in [0.15, 0.2) is 0 Å². The van der Waals surface area contributed by atoms with Gasteiger partial charge in [0.2, 0.25) is 0 Å². The van der Waals surface area contributed by atoms with Gasteiger partial charge in [-0.2, -0.15) is 84.9 Å². The van der Waals surface area contributed by atoms with Crippen LogP contribution in [0, 0.1) is 27.0 Å². The summed E-state index contributed by atoms with van der Waals surface area (Å²) in [4.78, 5) is 0. The molecule has 0 N–H and O–H groups in total. The van der Waals surface area contributed by atoms with Crippen LogP contribution in [0.25, 0.3) is 65.3 Å². The van der Waals surface area contributed by atoms with E-state index in [2.05, 4.69) is 178 Å². The molecule has 0 atom stereocenters. The van der Waals surface area contributed by atoms with Gasteiger partial charge in [-0.1, -0.05) is 122 Å². The summed E-state index contributed by atoms with van der Waals surface area (Å²) in [6, 6.07) is 77.9. The van der Waals surface area contributed by atoms with Gasteiger partial charge < -0.3 is 14.9 Å². The molecule has 0 saturated carbocycles. The van der Waals surface area contributed by atoms with Crippen LogP contribution in [-0.4, -0.2) is 6.88 Å². The van der Waals surface area contributed by atoms with Crippen LogP contribution in [0.4, 0.5) is 0 Å². The molecule has 0 bridgehead atoms. The molecule has 288 valence electrons. The van der Waals surface area contributed by atoms with Gasteiger partial charge in [0, 0.05) is 0 Å². The van der Waals surface area contributed by atoms with E-state index >= 15 is 0 Å². The Labute approximate surface area is 364 Å². The van der Waals surface area contributed by atoms with E-state index < -0.39 is 0 Å². The van der Waals surface area contributed by atoms with Crippen molar-refractivity contribution in [2.45, 2.75) is 26.7 Å². The topological polar surface area (TPSA) is 0 Å². The predicted octanol–water partition coefficient (Wildman–Crippen LogP) is 15.4. The molecule has 0 heterocycles. The first kappa shape index (κ1) is 45.3. The minimum absolute atomic E-state index is 0. The zero-order valence-corrected chi connectivity index (χ0v) is 37.5. The Morgan fingerprint density at radius 3 is 1.05 bits per heavy atom. The van der Waals surface area contributed by atoms with Gasteiger partial charge >= 0.3 is 30.2 Å². The third-order valence-corrected chi connectivity index (χ3v) is 9.81. The summed E-state index contributed by atoms with van der Waals surface area (Å²) in [6.07, 6.45) is 2.17.